The van der Waals surface area contributed by atoms with Gasteiger partial charge >= 0.3 is 0 Å². The van der Waals surface area contributed by atoms with E-state index in [0.717, 1.165) is 35.5 Å². The predicted molar refractivity (Wildman–Crippen MR) is 97.8 cm³/mol. The lowest BCUT2D eigenvalue weighted by Crippen LogP contribution is -2.61. The molecule has 0 spiro atoms. The van der Waals surface area contributed by atoms with Gasteiger partial charge in [-0.2, -0.15) is 5.10 Å². The number of carbonyl (C=O) groups excluding carboxylic acids is 2. The third-order valence-electron chi connectivity index (χ3n) is 5.50. The number of rotatable bonds is 3. The molecule has 0 saturated carbocycles. The van der Waals surface area contributed by atoms with Crippen LogP contribution in [-0.4, -0.2) is 50.0 Å². The summed E-state index contributed by atoms with van der Waals surface area (Å²) in [5, 5.41) is 4.58. The average Bonchev–Trinajstić information content (AvgIpc) is 3.24. The zero-order valence-corrected chi connectivity index (χ0v) is 15.5. The first-order chi connectivity index (χ1) is 12.5. The Morgan fingerprint density at radius 3 is 2.65 bits per heavy atom. The molecule has 2 atom stereocenters. The molecule has 1 aromatic carbocycles. The Morgan fingerprint density at radius 2 is 1.92 bits per heavy atom. The minimum atomic E-state index is -0.426. The zero-order valence-electron chi connectivity index (χ0n) is 15.5. The molecule has 0 N–H and O–H groups in total. The summed E-state index contributed by atoms with van der Waals surface area (Å²) in [5.41, 5.74) is 3.96. The van der Waals surface area contributed by atoms with Gasteiger partial charge in [0.1, 0.15) is 12.1 Å². The van der Waals surface area contributed by atoms with Crippen molar-refractivity contribution in [3.8, 4) is 5.69 Å². The van der Waals surface area contributed by atoms with Gasteiger partial charge in [-0.15, -0.1) is 0 Å². The minimum absolute atomic E-state index is 0.0655. The van der Waals surface area contributed by atoms with E-state index in [4.69, 9.17) is 0 Å². The molecular weight excluding hydrogens is 328 g/mol. The number of nitrogens with zero attached hydrogens (tertiary/aromatic N) is 4. The lowest BCUT2D eigenvalue weighted by atomic mass is 10.0. The minimum Gasteiger partial charge on any atom is -0.329 e. The Labute approximate surface area is 153 Å². The number of hydrogen-bond donors (Lipinski definition) is 0. The van der Waals surface area contributed by atoms with Crippen LogP contribution >= 0.6 is 0 Å². The van der Waals surface area contributed by atoms with Crippen LogP contribution in [0.25, 0.3) is 5.69 Å². The summed E-state index contributed by atoms with van der Waals surface area (Å²) < 4.78 is 1.91. The van der Waals surface area contributed by atoms with Crippen LogP contribution in [0, 0.1) is 13.8 Å². The molecule has 4 rings (SSSR count). The Bertz CT molecular complexity index is 872. The fourth-order valence-corrected chi connectivity index (χ4v) is 4.17. The molecule has 6 heteroatoms. The van der Waals surface area contributed by atoms with Gasteiger partial charge in [0.2, 0.25) is 11.8 Å². The maximum absolute atomic E-state index is 13.0. The number of benzene rings is 1. The molecule has 2 aromatic rings. The number of aryl methyl sites for hydroxylation is 2. The van der Waals surface area contributed by atoms with E-state index in [1.165, 1.54) is 0 Å². The number of aromatic nitrogens is 2. The highest BCUT2D eigenvalue weighted by atomic mass is 16.2. The summed E-state index contributed by atoms with van der Waals surface area (Å²) >= 11 is 0. The first kappa shape index (κ1) is 16.8. The standard InChI is InChI=1S/C20H24N4O2/c1-13-11-14(2)24(21-13)17-8-5-4-7-16(17)12-23-15(3)19(25)22-10-6-9-18(22)20(23)26/h4-5,7-8,11,15,18H,6,9-10,12H2,1-3H3/t15-,18+/m0/s1. The SMILES string of the molecule is Cc1cc(C)n(-c2ccccc2CN2C(=O)[C@H]3CCCN3C(=O)[C@@H]2C)n1. The van der Waals surface area contributed by atoms with Gasteiger partial charge in [-0.3, -0.25) is 9.59 Å². The lowest BCUT2D eigenvalue weighted by molar-refractivity contribution is -0.159. The fourth-order valence-electron chi connectivity index (χ4n) is 4.17. The van der Waals surface area contributed by atoms with Gasteiger partial charge in [0.25, 0.3) is 0 Å². The van der Waals surface area contributed by atoms with Crippen molar-refractivity contribution >= 4 is 11.8 Å². The zero-order chi connectivity index (χ0) is 18.4. The van der Waals surface area contributed by atoms with Crippen LogP contribution in [0.3, 0.4) is 0 Å². The van der Waals surface area contributed by atoms with Gasteiger partial charge < -0.3 is 9.80 Å². The van der Waals surface area contributed by atoms with Crippen LogP contribution in [0.5, 0.6) is 0 Å². The fraction of sp³-hybridized carbons (Fsp3) is 0.450. The Morgan fingerprint density at radius 1 is 1.15 bits per heavy atom. The molecule has 2 saturated heterocycles. The van der Waals surface area contributed by atoms with Crippen LogP contribution in [-0.2, 0) is 16.1 Å². The van der Waals surface area contributed by atoms with E-state index in [0.29, 0.717) is 13.1 Å². The number of amides is 2. The first-order valence-corrected chi connectivity index (χ1v) is 9.20. The van der Waals surface area contributed by atoms with Gasteiger partial charge in [-0.1, -0.05) is 18.2 Å². The molecule has 2 amide bonds. The smallest absolute Gasteiger partial charge is 0.246 e. The number of hydrogen-bond acceptors (Lipinski definition) is 3. The van der Waals surface area contributed by atoms with Crippen molar-refractivity contribution in [2.24, 2.45) is 0 Å². The molecule has 0 bridgehead atoms. The summed E-state index contributed by atoms with van der Waals surface area (Å²) in [7, 11) is 0. The molecule has 0 aliphatic carbocycles. The summed E-state index contributed by atoms with van der Waals surface area (Å²) in [4.78, 5) is 29.2. The van der Waals surface area contributed by atoms with Crippen LogP contribution in [0.15, 0.2) is 30.3 Å². The second-order valence-corrected chi connectivity index (χ2v) is 7.30. The molecule has 2 fully saturated rings. The molecule has 2 aliphatic rings. The molecule has 1 aromatic heterocycles. The van der Waals surface area contributed by atoms with Crippen molar-refractivity contribution in [1.29, 1.82) is 0 Å². The van der Waals surface area contributed by atoms with E-state index in [1.54, 1.807) is 9.80 Å². The van der Waals surface area contributed by atoms with Gasteiger partial charge in [-0.05, 0) is 51.3 Å². The third-order valence-corrected chi connectivity index (χ3v) is 5.50. The first-order valence-electron chi connectivity index (χ1n) is 9.20. The number of fused-ring (bicyclic) bond motifs is 1. The van der Waals surface area contributed by atoms with E-state index < -0.39 is 6.04 Å². The summed E-state index contributed by atoms with van der Waals surface area (Å²) in [6.45, 7) is 6.95. The summed E-state index contributed by atoms with van der Waals surface area (Å²) in [5.74, 6) is 0.133. The Balaban J connectivity index is 1.68. The quantitative estimate of drug-likeness (QED) is 0.851. The van der Waals surface area contributed by atoms with Crippen molar-refractivity contribution in [3.05, 3.63) is 47.3 Å². The summed E-state index contributed by atoms with van der Waals surface area (Å²) in [6, 6.07) is 9.29. The second-order valence-electron chi connectivity index (χ2n) is 7.30. The molecule has 3 heterocycles. The number of carbonyl (C=O) groups is 2. The number of para-hydroxylation sites is 1. The topological polar surface area (TPSA) is 58.4 Å². The van der Waals surface area contributed by atoms with E-state index in [1.807, 2.05) is 55.8 Å². The van der Waals surface area contributed by atoms with Crippen molar-refractivity contribution in [1.82, 2.24) is 19.6 Å². The van der Waals surface area contributed by atoms with E-state index in [2.05, 4.69) is 5.10 Å². The molecule has 2 aliphatic heterocycles. The van der Waals surface area contributed by atoms with Crippen molar-refractivity contribution in [3.63, 3.8) is 0 Å². The van der Waals surface area contributed by atoms with Gasteiger partial charge in [-0.25, -0.2) is 4.68 Å². The maximum Gasteiger partial charge on any atom is 0.246 e. The van der Waals surface area contributed by atoms with Crippen LogP contribution in [0.2, 0.25) is 0 Å². The van der Waals surface area contributed by atoms with E-state index in [-0.39, 0.29) is 17.9 Å². The third kappa shape index (κ3) is 2.60. The van der Waals surface area contributed by atoms with Gasteiger partial charge in [0, 0.05) is 18.8 Å². The van der Waals surface area contributed by atoms with Crippen molar-refractivity contribution in [2.45, 2.75) is 52.2 Å². The molecule has 0 unspecified atom stereocenters. The molecular formula is C20H24N4O2. The lowest BCUT2D eigenvalue weighted by Gasteiger charge is -2.41. The normalized spacial score (nSPS) is 22.9. The largest absolute Gasteiger partial charge is 0.329 e. The molecule has 136 valence electrons. The van der Waals surface area contributed by atoms with Crippen molar-refractivity contribution in [2.75, 3.05) is 6.54 Å². The van der Waals surface area contributed by atoms with Crippen LogP contribution in [0.1, 0.15) is 36.7 Å². The van der Waals surface area contributed by atoms with Gasteiger partial charge in [0.15, 0.2) is 0 Å². The molecule has 0 radical (unpaired) electrons. The highest BCUT2D eigenvalue weighted by Crippen LogP contribution is 2.29. The summed E-state index contributed by atoms with van der Waals surface area (Å²) in [6.07, 6.45) is 1.68. The Hall–Kier alpha value is -2.63. The van der Waals surface area contributed by atoms with Gasteiger partial charge in [0.05, 0.1) is 11.4 Å². The maximum atomic E-state index is 13.0. The highest BCUT2D eigenvalue weighted by Gasteiger charge is 2.45. The van der Waals surface area contributed by atoms with Crippen LogP contribution < -0.4 is 0 Å². The van der Waals surface area contributed by atoms with Crippen molar-refractivity contribution < 1.29 is 9.59 Å². The molecule has 26 heavy (non-hydrogen) atoms. The number of piperazine rings is 1. The highest BCUT2D eigenvalue weighted by molar-refractivity contribution is 5.97. The monoisotopic (exact) mass is 352 g/mol. The average molecular weight is 352 g/mol. The molecule has 6 nitrogen and oxygen atoms in total. The Kier molecular flexibility index (Phi) is 4.05. The van der Waals surface area contributed by atoms with Crippen LogP contribution in [0.4, 0.5) is 0 Å². The van der Waals surface area contributed by atoms with E-state index >= 15 is 0 Å². The predicted octanol–water partition coefficient (Wildman–Crippen LogP) is 2.21. The second kappa shape index (κ2) is 6.27. The van der Waals surface area contributed by atoms with E-state index in [9.17, 15) is 9.59 Å².